The van der Waals surface area contributed by atoms with Gasteiger partial charge in [-0.1, -0.05) is 0 Å². The average molecular weight is 226 g/mol. The predicted octanol–water partition coefficient (Wildman–Crippen LogP) is 2.20. The molecular formula is C12H22N2O2. The van der Waals surface area contributed by atoms with Crippen molar-refractivity contribution in [2.75, 3.05) is 13.7 Å². The van der Waals surface area contributed by atoms with Crippen LogP contribution in [-0.2, 0) is 11.3 Å². The number of nitrogens with one attached hydrogen (secondary N) is 1. The van der Waals surface area contributed by atoms with Crippen molar-refractivity contribution in [3.63, 3.8) is 0 Å². The fourth-order valence-corrected chi connectivity index (χ4v) is 1.30. The molecule has 16 heavy (non-hydrogen) atoms. The zero-order chi connectivity index (χ0) is 12.2. The van der Waals surface area contributed by atoms with Gasteiger partial charge in [0, 0.05) is 7.11 Å². The molecule has 1 heterocycles. The van der Waals surface area contributed by atoms with Gasteiger partial charge in [0.15, 0.2) is 0 Å². The molecular weight excluding hydrogens is 204 g/mol. The third kappa shape index (κ3) is 3.94. The van der Waals surface area contributed by atoms with Crippen molar-refractivity contribution < 1.29 is 9.15 Å². The van der Waals surface area contributed by atoms with Crippen LogP contribution in [0, 0.1) is 13.8 Å². The van der Waals surface area contributed by atoms with E-state index in [0.29, 0.717) is 6.54 Å². The maximum Gasteiger partial charge on any atom is 0.208 e. The van der Waals surface area contributed by atoms with E-state index in [1.54, 1.807) is 7.11 Å². The van der Waals surface area contributed by atoms with E-state index >= 15 is 0 Å². The molecule has 0 unspecified atom stereocenters. The molecule has 0 radical (unpaired) electrons. The first-order valence-electron chi connectivity index (χ1n) is 5.63. The monoisotopic (exact) mass is 226 g/mol. The number of rotatable bonds is 6. The third-order valence-electron chi connectivity index (χ3n) is 2.81. The van der Waals surface area contributed by atoms with Crippen LogP contribution in [0.25, 0.3) is 0 Å². The van der Waals surface area contributed by atoms with Crippen LogP contribution in [0.4, 0.5) is 0 Å². The number of aryl methyl sites for hydroxylation is 2. The molecule has 1 aromatic heterocycles. The first kappa shape index (κ1) is 13.2. The molecule has 1 aromatic rings. The van der Waals surface area contributed by atoms with Crippen molar-refractivity contribution in [1.29, 1.82) is 0 Å². The smallest absolute Gasteiger partial charge is 0.208 e. The van der Waals surface area contributed by atoms with Crippen LogP contribution in [0.1, 0.15) is 37.6 Å². The fraction of sp³-hybridized carbons (Fsp3) is 0.750. The lowest BCUT2D eigenvalue weighted by Crippen LogP contribution is -2.28. The van der Waals surface area contributed by atoms with Crippen molar-refractivity contribution in [3.8, 4) is 0 Å². The number of ether oxygens (including phenoxy) is 1. The maximum absolute atomic E-state index is 5.47. The van der Waals surface area contributed by atoms with Crippen LogP contribution in [0.3, 0.4) is 0 Å². The van der Waals surface area contributed by atoms with E-state index in [2.05, 4.69) is 24.1 Å². The Bertz CT molecular complexity index is 312. The quantitative estimate of drug-likeness (QED) is 0.755. The minimum absolute atomic E-state index is 0.0740. The van der Waals surface area contributed by atoms with Gasteiger partial charge in [-0.25, -0.2) is 4.98 Å². The Balaban J connectivity index is 2.26. The van der Waals surface area contributed by atoms with Gasteiger partial charge in [-0.3, -0.25) is 0 Å². The van der Waals surface area contributed by atoms with E-state index in [4.69, 9.17) is 9.15 Å². The normalized spacial score (nSPS) is 12.1. The highest BCUT2D eigenvalue weighted by atomic mass is 16.5. The van der Waals surface area contributed by atoms with Gasteiger partial charge >= 0.3 is 0 Å². The summed E-state index contributed by atoms with van der Waals surface area (Å²) >= 11 is 0. The summed E-state index contributed by atoms with van der Waals surface area (Å²) in [5.41, 5.74) is 0.893. The largest absolute Gasteiger partial charge is 0.444 e. The van der Waals surface area contributed by atoms with Crippen molar-refractivity contribution >= 4 is 0 Å². The van der Waals surface area contributed by atoms with Gasteiger partial charge in [-0.05, 0) is 40.7 Å². The summed E-state index contributed by atoms with van der Waals surface area (Å²) in [5.74, 6) is 1.65. The van der Waals surface area contributed by atoms with E-state index in [1.807, 2.05) is 13.8 Å². The Hall–Kier alpha value is -0.870. The van der Waals surface area contributed by atoms with Crippen LogP contribution in [-0.4, -0.2) is 24.2 Å². The summed E-state index contributed by atoms with van der Waals surface area (Å²) in [6.07, 6.45) is 0.960. The topological polar surface area (TPSA) is 47.3 Å². The first-order chi connectivity index (χ1) is 7.44. The molecule has 0 spiro atoms. The number of methoxy groups -OCH3 is 1. The van der Waals surface area contributed by atoms with Gasteiger partial charge in [0.25, 0.3) is 0 Å². The number of nitrogens with zero attached hydrogens (tertiary/aromatic N) is 1. The van der Waals surface area contributed by atoms with Gasteiger partial charge in [-0.15, -0.1) is 0 Å². The Morgan fingerprint density at radius 1 is 1.38 bits per heavy atom. The molecule has 0 saturated carbocycles. The zero-order valence-corrected chi connectivity index (χ0v) is 10.9. The summed E-state index contributed by atoms with van der Waals surface area (Å²) in [6, 6.07) is 0. The highest BCUT2D eigenvalue weighted by Gasteiger charge is 2.15. The lowest BCUT2D eigenvalue weighted by atomic mass is 10.1. The number of oxazole rings is 1. The van der Waals surface area contributed by atoms with Crippen LogP contribution in [0.2, 0.25) is 0 Å². The van der Waals surface area contributed by atoms with Crippen molar-refractivity contribution in [2.45, 2.75) is 46.3 Å². The average Bonchev–Trinajstić information content (AvgIpc) is 2.54. The van der Waals surface area contributed by atoms with Crippen molar-refractivity contribution in [1.82, 2.24) is 10.3 Å². The summed E-state index contributed by atoms with van der Waals surface area (Å²) in [4.78, 5) is 4.30. The molecule has 4 nitrogen and oxygen atoms in total. The molecule has 0 atom stereocenters. The van der Waals surface area contributed by atoms with Gasteiger partial charge in [0.05, 0.1) is 17.8 Å². The molecule has 0 bridgehead atoms. The molecule has 0 aromatic carbocycles. The zero-order valence-electron chi connectivity index (χ0n) is 10.9. The van der Waals surface area contributed by atoms with Gasteiger partial charge < -0.3 is 14.5 Å². The lowest BCUT2D eigenvalue weighted by molar-refractivity contribution is 0.0157. The SMILES string of the molecule is COC(C)(C)CCNCc1nc(C)c(C)o1. The molecule has 0 aliphatic carbocycles. The minimum atomic E-state index is -0.0740. The Morgan fingerprint density at radius 3 is 2.56 bits per heavy atom. The molecule has 1 rings (SSSR count). The van der Waals surface area contributed by atoms with Gasteiger partial charge in [0.2, 0.25) is 5.89 Å². The molecule has 0 aliphatic heterocycles. The summed E-state index contributed by atoms with van der Waals surface area (Å²) < 4.78 is 10.8. The van der Waals surface area contributed by atoms with E-state index < -0.39 is 0 Å². The van der Waals surface area contributed by atoms with E-state index in [0.717, 1.165) is 30.3 Å². The highest BCUT2D eigenvalue weighted by molar-refractivity contribution is 5.05. The van der Waals surface area contributed by atoms with Crippen LogP contribution in [0.5, 0.6) is 0 Å². The van der Waals surface area contributed by atoms with Crippen molar-refractivity contribution in [3.05, 3.63) is 17.3 Å². The van der Waals surface area contributed by atoms with Gasteiger partial charge in [-0.2, -0.15) is 0 Å². The summed E-state index contributed by atoms with van der Waals surface area (Å²) in [5, 5.41) is 3.30. The molecule has 0 aliphatic rings. The highest BCUT2D eigenvalue weighted by Crippen LogP contribution is 2.12. The molecule has 0 amide bonds. The van der Waals surface area contributed by atoms with Crippen LogP contribution < -0.4 is 5.32 Å². The van der Waals surface area contributed by atoms with Crippen molar-refractivity contribution in [2.24, 2.45) is 0 Å². The number of hydrogen-bond donors (Lipinski definition) is 1. The second-order valence-electron chi connectivity index (χ2n) is 4.64. The maximum atomic E-state index is 5.47. The van der Waals surface area contributed by atoms with Crippen LogP contribution in [0.15, 0.2) is 4.42 Å². The lowest BCUT2D eigenvalue weighted by Gasteiger charge is -2.22. The number of hydrogen-bond acceptors (Lipinski definition) is 4. The van der Waals surface area contributed by atoms with Crippen LogP contribution >= 0.6 is 0 Å². The Morgan fingerprint density at radius 2 is 2.06 bits per heavy atom. The standard InChI is InChI=1S/C12H22N2O2/c1-9-10(2)16-11(14-9)8-13-7-6-12(3,4)15-5/h13H,6-8H2,1-5H3. The fourth-order valence-electron chi connectivity index (χ4n) is 1.30. The minimum Gasteiger partial charge on any atom is -0.444 e. The molecule has 0 saturated heterocycles. The van der Waals surface area contributed by atoms with E-state index in [1.165, 1.54) is 0 Å². The predicted molar refractivity (Wildman–Crippen MR) is 63.4 cm³/mol. The van der Waals surface area contributed by atoms with Gasteiger partial charge in [0.1, 0.15) is 5.76 Å². The molecule has 0 fully saturated rings. The first-order valence-corrected chi connectivity index (χ1v) is 5.63. The Labute approximate surface area is 97.4 Å². The Kier molecular flexibility index (Phi) is 4.50. The summed E-state index contributed by atoms with van der Waals surface area (Å²) in [7, 11) is 1.74. The summed E-state index contributed by atoms with van der Waals surface area (Å²) in [6.45, 7) is 9.61. The molecule has 1 N–H and O–H groups in total. The van der Waals surface area contributed by atoms with E-state index in [9.17, 15) is 0 Å². The number of aromatic nitrogens is 1. The molecule has 92 valence electrons. The van der Waals surface area contributed by atoms with E-state index in [-0.39, 0.29) is 5.60 Å². The second-order valence-corrected chi connectivity index (χ2v) is 4.64. The molecule has 4 heteroatoms. The second kappa shape index (κ2) is 5.46. The third-order valence-corrected chi connectivity index (χ3v) is 2.81.